The SMILES string of the molecule is COC(=O)C(C)NC(=O)Cc1coc2c(C)c(C)ccc12. The highest BCUT2D eigenvalue weighted by molar-refractivity contribution is 5.91. The minimum Gasteiger partial charge on any atom is -0.467 e. The molecule has 1 heterocycles. The van der Waals surface area contributed by atoms with Crippen molar-refractivity contribution in [3.8, 4) is 0 Å². The Hall–Kier alpha value is -2.30. The Morgan fingerprint density at radius 2 is 2.05 bits per heavy atom. The summed E-state index contributed by atoms with van der Waals surface area (Å²) in [5.74, 6) is -0.708. The molecule has 0 bridgehead atoms. The van der Waals surface area contributed by atoms with Gasteiger partial charge in [-0.25, -0.2) is 4.79 Å². The van der Waals surface area contributed by atoms with Crippen LogP contribution >= 0.6 is 0 Å². The molecule has 0 aliphatic heterocycles. The van der Waals surface area contributed by atoms with Gasteiger partial charge in [0, 0.05) is 10.9 Å². The Morgan fingerprint density at radius 3 is 2.71 bits per heavy atom. The molecule has 0 radical (unpaired) electrons. The fourth-order valence-electron chi connectivity index (χ4n) is 2.23. The molecular formula is C16H19NO4. The second-order valence-corrected chi connectivity index (χ2v) is 5.13. The Labute approximate surface area is 123 Å². The molecule has 1 N–H and O–H groups in total. The summed E-state index contributed by atoms with van der Waals surface area (Å²) in [5.41, 5.74) is 3.83. The number of rotatable bonds is 4. The topological polar surface area (TPSA) is 68.5 Å². The summed E-state index contributed by atoms with van der Waals surface area (Å²) in [6.07, 6.45) is 1.76. The van der Waals surface area contributed by atoms with Crippen LogP contribution in [0.15, 0.2) is 22.8 Å². The van der Waals surface area contributed by atoms with Crippen LogP contribution in [0.1, 0.15) is 23.6 Å². The average Bonchev–Trinajstić information content (AvgIpc) is 2.85. The van der Waals surface area contributed by atoms with Gasteiger partial charge in [0.1, 0.15) is 11.6 Å². The van der Waals surface area contributed by atoms with Gasteiger partial charge in [0.25, 0.3) is 0 Å². The summed E-state index contributed by atoms with van der Waals surface area (Å²) < 4.78 is 10.1. The minimum absolute atomic E-state index is 0.164. The third kappa shape index (κ3) is 3.07. The first-order chi connectivity index (χ1) is 9.93. The van der Waals surface area contributed by atoms with Crippen LogP contribution < -0.4 is 5.32 Å². The summed E-state index contributed by atoms with van der Waals surface area (Å²) in [7, 11) is 1.29. The van der Waals surface area contributed by atoms with Crippen molar-refractivity contribution in [1.82, 2.24) is 5.32 Å². The quantitative estimate of drug-likeness (QED) is 0.877. The van der Waals surface area contributed by atoms with E-state index in [1.54, 1.807) is 13.2 Å². The lowest BCUT2D eigenvalue weighted by atomic mass is 10.0. The van der Waals surface area contributed by atoms with Crippen molar-refractivity contribution in [1.29, 1.82) is 0 Å². The molecule has 1 aromatic heterocycles. The number of methoxy groups -OCH3 is 1. The molecule has 2 aromatic rings. The van der Waals surface area contributed by atoms with Crippen LogP contribution in [-0.2, 0) is 20.7 Å². The molecule has 2 rings (SSSR count). The zero-order chi connectivity index (χ0) is 15.6. The predicted molar refractivity (Wildman–Crippen MR) is 79.0 cm³/mol. The number of furan rings is 1. The smallest absolute Gasteiger partial charge is 0.328 e. The number of aryl methyl sites for hydroxylation is 2. The van der Waals surface area contributed by atoms with Crippen molar-refractivity contribution in [2.24, 2.45) is 0 Å². The highest BCUT2D eigenvalue weighted by atomic mass is 16.5. The van der Waals surface area contributed by atoms with Gasteiger partial charge in [-0.3, -0.25) is 4.79 Å². The van der Waals surface area contributed by atoms with Crippen LogP contribution in [0.2, 0.25) is 0 Å². The van der Waals surface area contributed by atoms with E-state index in [0.717, 1.165) is 27.7 Å². The summed E-state index contributed by atoms with van der Waals surface area (Å²) in [6, 6.07) is 3.30. The number of carbonyl (C=O) groups excluding carboxylic acids is 2. The number of amides is 1. The predicted octanol–water partition coefficient (Wildman–Crippen LogP) is 2.27. The van der Waals surface area contributed by atoms with Crippen LogP contribution in [0.5, 0.6) is 0 Å². The summed E-state index contributed by atoms with van der Waals surface area (Å²) in [6.45, 7) is 5.59. The molecular weight excluding hydrogens is 270 g/mol. The van der Waals surface area contributed by atoms with E-state index in [9.17, 15) is 9.59 Å². The second kappa shape index (κ2) is 5.99. The number of hydrogen-bond acceptors (Lipinski definition) is 4. The summed E-state index contributed by atoms with van der Waals surface area (Å²) >= 11 is 0. The van der Waals surface area contributed by atoms with E-state index in [1.807, 2.05) is 26.0 Å². The Bertz CT molecular complexity index is 687. The number of fused-ring (bicyclic) bond motifs is 1. The van der Waals surface area contributed by atoms with Gasteiger partial charge >= 0.3 is 5.97 Å². The van der Waals surface area contributed by atoms with E-state index < -0.39 is 12.0 Å². The fraction of sp³-hybridized carbons (Fsp3) is 0.375. The molecule has 1 amide bonds. The van der Waals surface area contributed by atoms with E-state index in [4.69, 9.17) is 4.42 Å². The number of hydrogen-bond donors (Lipinski definition) is 1. The zero-order valence-corrected chi connectivity index (χ0v) is 12.6. The number of ether oxygens (including phenoxy) is 1. The molecule has 5 nitrogen and oxygen atoms in total. The molecule has 0 fully saturated rings. The number of benzene rings is 1. The van der Waals surface area contributed by atoms with Gasteiger partial charge in [0.05, 0.1) is 19.8 Å². The van der Waals surface area contributed by atoms with Crippen molar-refractivity contribution in [2.45, 2.75) is 33.2 Å². The highest BCUT2D eigenvalue weighted by Crippen LogP contribution is 2.26. The molecule has 1 atom stereocenters. The Kier molecular flexibility index (Phi) is 4.31. The number of nitrogens with one attached hydrogen (secondary N) is 1. The van der Waals surface area contributed by atoms with E-state index in [2.05, 4.69) is 10.1 Å². The molecule has 1 aromatic carbocycles. The monoisotopic (exact) mass is 289 g/mol. The van der Waals surface area contributed by atoms with Crippen LogP contribution in [0, 0.1) is 13.8 Å². The zero-order valence-electron chi connectivity index (χ0n) is 12.6. The molecule has 0 aliphatic rings. The molecule has 0 saturated carbocycles. The number of esters is 1. The van der Waals surface area contributed by atoms with Gasteiger partial charge in [-0.2, -0.15) is 0 Å². The van der Waals surface area contributed by atoms with Crippen molar-refractivity contribution >= 4 is 22.8 Å². The van der Waals surface area contributed by atoms with Crippen molar-refractivity contribution < 1.29 is 18.7 Å². The highest BCUT2D eigenvalue weighted by Gasteiger charge is 2.18. The molecule has 21 heavy (non-hydrogen) atoms. The maximum atomic E-state index is 12.0. The maximum absolute atomic E-state index is 12.0. The molecule has 0 saturated heterocycles. The van der Waals surface area contributed by atoms with Gasteiger partial charge in [0.2, 0.25) is 5.91 Å². The lowest BCUT2D eigenvalue weighted by molar-refractivity contribution is -0.144. The second-order valence-electron chi connectivity index (χ2n) is 5.13. The largest absolute Gasteiger partial charge is 0.467 e. The van der Waals surface area contributed by atoms with Crippen LogP contribution in [-0.4, -0.2) is 25.0 Å². The standard InChI is InChI=1S/C16H19NO4/c1-9-5-6-13-12(8-21-15(13)10(9)2)7-14(18)17-11(3)16(19)20-4/h5-6,8,11H,7H2,1-4H3,(H,17,18). The van der Waals surface area contributed by atoms with Crippen molar-refractivity contribution in [3.05, 3.63) is 35.1 Å². The summed E-state index contributed by atoms with van der Waals surface area (Å²) in [4.78, 5) is 23.3. The van der Waals surface area contributed by atoms with Gasteiger partial charge in [-0.1, -0.05) is 12.1 Å². The van der Waals surface area contributed by atoms with Crippen molar-refractivity contribution in [2.75, 3.05) is 7.11 Å². The number of carbonyl (C=O) groups is 2. The van der Waals surface area contributed by atoms with E-state index in [1.165, 1.54) is 7.11 Å². The molecule has 112 valence electrons. The van der Waals surface area contributed by atoms with Crippen molar-refractivity contribution in [3.63, 3.8) is 0 Å². The van der Waals surface area contributed by atoms with Gasteiger partial charge in [-0.05, 0) is 31.9 Å². The fourth-order valence-corrected chi connectivity index (χ4v) is 2.23. The third-order valence-corrected chi connectivity index (χ3v) is 3.62. The molecule has 0 spiro atoms. The first-order valence-electron chi connectivity index (χ1n) is 6.77. The minimum atomic E-state index is -0.662. The molecule has 5 heteroatoms. The van der Waals surface area contributed by atoms with Crippen LogP contribution in [0.4, 0.5) is 0 Å². The average molecular weight is 289 g/mol. The lowest BCUT2D eigenvalue weighted by Gasteiger charge is -2.11. The van der Waals surface area contributed by atoms with Gasteiger partial charge < -0.3 is 14.5 Å². The Morgan fingerprint density at radius 1 is 1.33 bits per heavy atom. The maximum Gasteiger partial charge on any atom is 0.328 e. The lowest BCUT2D eigenvalue weighted by Crippen LogP contribution is -2.39. The van der Waals surface area contributed by atoms with Gasteiger partial charge in [0.15, 0.2) is 0 Å². The molecule has 1 unspecified atom stereocenters. The van der Waals surface area contributed by atoms with Gasteiger partial charge in [-0.15, -0.1) is 0 Å². The Balaban J connectivity index is 2.15. The van der Waals surface area contributed by atoms with Crippen LogP contribution in [0.3, 0.4) is 0 Å². The van der Waals surface area contributed by atoms with Crippen LogP contribution in [0.25, 0.3) is 11.0 Å². The first kappa shape index (κ1) is 15.1. The van der Waals surface area contributed by atoms with E-state index in [0.29, 0.717) is 0 Å². The first-order valence-corrected chi connectivity index (χ1v) is 6.77. The molecule has 0 aliphatic carbocycles. The normalized spacial score (nSPS) is 12.2. The third-order valence-electron chi connectivity index (χ3n) is 3.62. The van der Waals surface area contributed by atoms with E-state index in [-0.39, 0.29) is 12.3 Å². The van der Waals surface area contributed by atoms with E-state index >= 15 is 0 Å². The summed E-state index contributed by atoms with van der Waals surface area (Å²) in [5, 5.41) is 3.53.